The second kappa shape index (κ2) is 15.0. The number of aryl methyl sites for hydroxylation is 1. The Morgan fingerprint density at radius 3 is 1.27 bits per heavy atom. The van der Waals surface area contributed by atoms with Gasteiger partial charge in [-0.3, -0.25) is 0 Å². The topological polar surface area (TPSA) is 0 Å². The lowest BCUT2D eigenvalue weighted by molar-refractivity contribution is 0.795. The SMILES string of the molecule is CCCCc1ccc(C#Cc2ccc(C#C[Si](C)(C)C)cc2)cc1.C[Si](C)(C)C#Cc1ccc(I)cc1. The molecule has 0 aromatic heterocycles. The van der Waals surface area contributed by atoms with Gasteiger partial charge in [0.2, 0.25) is 0 Å². The Morgan fingerprint density at radius 2 is 0.892 bits per heavy atom. The van der Waals surface area contributed by atoms with Crippen molar-refractivity contribution in [1.82, 2.24) is 0 Å². The molecule has 0 heterocycles. The number of unbranched alkanes of at least 4 members (excludes halogenated alkanes) is 1. The van der Waals surface area contributed by atoms with Gasteiger partial charge in [-0.05, 0) is 102 Å². The molecule has 0 saturated heterocycles. The number of halogens is 1. The van der Waals surface area contributed by atoms with Crippen LogP contribution in [0, 0.1) is 38.3 Å². The summed E-state index contributed by atoms with van der Waals surface area (Å²) >= 11 is 2.30. The van der Waals surface area contributed by atoms with Crippen molar-refractivity contribution >= 4 is 38.7 Å². The van der Waals surface area contributed by atoms with Crippen molar-refractivity contribution in [2.45, 2.75) is 65.5 Å². The molecule has 0 aliphatic rings. The minimum atomic E-state index is -1.32. The zero-order chi connectivity index (χ0) is 27.3. The van der Waals surface area contributed by atoms with Crippen molar-refractivity contribution in [2.75, 3.05) is 0 Å². The molecule has 0 fully saturated rings. The van der Waals surface area contributed by atoms with Crippen LogP contribution in [0.3, 0.4) is 0 Å². The van der Waals surface area contributed by atoms with E-state index in [1.165, 1.54) is 22.0 Å². The summed E-state index contributed by atoms with van der Waals surface area (Å²) in [6.45, 7) is 15.8. The van der Waals surface area contributed by atoms with Gasteiger partial charge in [0.25, 0.3) is 0 Å². The molecular weight excluding hydrogens is 591 g/mol. The summed E-state index contributed by atoms with van der Waals surface area (Å²) in [5.41, 5.74) is 12.4. The van der Waals surface area contributed by atoms with Crippen molar-refractivity contribution < 1.29 is 0 Å². The van der Waals surface area contributed by atoms with E-state index < -0.39 is 16.1 Å². The standard InChI is InChI=1S/C23H26Si.C11H13ISi/c1-5-6-7-20-8-10-21(11-9-20)12-13-22-14-16-23(17-15-22)18-19-24(2,3)4;1-13(2,3)9-8-10-4-6-11(12)7-5-10/h8-11,14-17H,5-7H2,1-4H3;4-7H,1-3H3. The molecule has 0 radical (unpaired) electrons. The van der Waals surface area contributed by atoms with Crippen molar-refractivity contribution in [1.29, 1.82) is 0 Å². The lowest BCUT2D eigenvalue weighted by atomic mass is 10.1. The summed E-state index contributed by atoms with van der Waals surface area (Å²) in [4.78, 5) is 0. The first-order valence-electron chi connectivity index (χ1n) is 13.0. The highest BCUT2D eigenvalue weighted by atomic mass is 127. The number of benzene rings is 3. The summed E-state index contributed by atoms with van der Waals surface area (Å²) in [6.07, 6.45) is 3.64. The van der Waals surface area contributed by atoms with E-state index in [0.29, 0.717) is 0 Å². The maximum Gasteiger partial charge on any atom is 0.129 e. The highest BCUT2D eigenvalue weighted by molar-refractivity contribution is 14.1. The third-order valence-electron chi connectivity index (χ3n) is 5.02. The zero-order valence-electron chi connectivity index (χ0n) is 23.4. The molecule has 0 nitrogen and oxygen atoms in total. The van der Waals surface area contributed by atoms with E-state index in [9.17, 15) is 0 Å². The summed E-state index contributed by atoms with van der Waals surface area (Å²) < 4.78 is 1.26. The molecule has 3 heteroatoms. The van der Waals surface area contributed by atoms with Crippen LogP contribution in [0.25, 0.3) is 0 Å². The van der Waals surface area contributed by atoms with Crippen LogP contribution in [0.15, 0.2) is 72.8 Å². The Kier molecular flexibility index (Phi) is 12.5. The zero-order valence-corrected chi connectivity index (χ0v) is 27.6. The van der Waals surface area contributed by atoms with E-state index in [1.54, 1.807) is 0 Å². The summed E-state index contributed by atoms with van der Waals surface area (Å²) in [7, 11) is -2.53. The van der Waals surface area contributed by atoms with Crippen LogP contribution in [0.4, 0.5) is 0 Å². The van der Waals surface area contributed by atoms with E-state index >= 15 is 0 Å². The molecular formula is C34H39ISi2. The van der Waals surface area contributed by atoms with Crippen molar-refractivity contribution in [3.05, 3.63) is 104 Å². The number of hydrogen-bond donors (Lipinski definition) is 0. The first-order valence-corrected chi connectivity index (χ1v) is 21.0. The van der Waals surface area contributed by atoms with Gasteiger partial charge in [-0.15, -0.1) is 11.1 Å². The van der Waals surface area contributed by atoms with Gasteiger partial charge in [0.15, 0.2) is 0 Å². The highest BCUT2D eigenvalue weighted by Gasteiger charge is 2.07. The molecule has 0 aliphatic heterocycles. The Bertz CT molecular complexity index is 1300. The molecule has 190 valence electrons. The average Bonchev–Trinajstić information content (AvgIpc) is 2.85. The second-order valence-corrected chi connectivity index (χ2v) is 21.9. The third kappa shape index (κ3) is 14.1. The van der Waals surface area contributed by atoms with Crippen LogP contribution in [-0.2, 0) is 6.42 Å². The monoisotopic (exact) mass is 630 g/mol. The van der Waals surface area contributed by atoms with Crippen LogP contribution in [0.1, 0.15) is 47.6 Å². The summed E-state index contributed by atoms with van der Waals surface area (Å²) in [6, 6.07) is 25.2. The summed E-state index contributed by atoms with van der Waals surface area (Å²) in [5, 5.41) is 0. The van der Waals surface area contributed by atoms with Gasteiger partial charge in [0.05, 0.1) is 0 Å². The Morgan fingerprint density at radius 1 is 0.541 bits per heavy atom. The van der Waals surface area contributed by atoms with E-state index in [-0.39, 0.29) is 0 Å². The van der Waals surface area contributed by atoms with E-state index in [0.717, 1.165) is 28.7 Å². The van der Waals surface area contributed by atoms with Gasteiger partial charge in [-0.25, -0.2) is 0 Å². The molecule has 3 aromatic carbocycles. The summed E-state index contributed by atoms with van der Waals surface area (Å²) in [5.74, 6) is 13.0. The smallest absolute Gasteiger partial charge is 0.127 e. The van der Waals surface area contributed by atoms with Gasteiger partial charge >= 0.3 is 0 Å². The van der Waals surface area contributed by atoms with Crippen LogP contribution in [0.5, 0.6) is 0 Å². The van der Waals surface area contributed by atoms with Crippen molar-refractivity contribution in [3.63, 3.8) is 0 Å². The minimum Gasteiger partial charge on any atom is -0.127 e. The van der Waals surface area contributed by atoms with Crippen LogP contribution in [0.2, 0.25) is 39.3 Å². The van der Waals surface area contributed by atoms with E-state index in [2.05, 4.69) is 176 Å². The lowest BCUT2D eigenvalue weighted by Crippen LogP contribution is -2.16. The molecule has 3 aromatic rings. The van der Waals surface area contributed by atoms with Gasteiger partial charge in [0.1, 0.15) is 16.1 Å². The molecule has 0 atom stereocenters. The molecule has 3 rings (SSSR count). The maximum absolute atomic E-state index is 3.39. The number of hydrogen-bond acceptors (Lipinski definition) is 0. The predicted octanol–water partition coefficient (Wildman–Crippen LogP) is 9.18. The van der Waals surface area contributed by atoms with Gasteiger partial charge in [-0.1, -0.05) is 88.4 Å². The Labute approximate surface area is 241 Å². The Hall–Kier alpha value is -2.50. The first-order chi connectivity index (χ1) is 17.4. The van der Waals surface area contributed by atoms with Crippen LogP contribution < -0.4 is 0 Å². The molecule has 0 N–H and O–H groups in total. The fraction of sp³-hybridized carbons (Fsp3) is 0.294. The first kappa shape index (κ1) is 30.7. The van der Waals surface area contributed by atoms with Crippen LogP contribution in [-0.4, -0.2) is 16.1 Å². The molecule has 0 amide bonds. The largest absolute Gasteiger partial charge is 0.129 e. The average molecular weight is 631 g/mol. The third-order valence-corrected chi connectivity index (χ3v) is 7.49. The molecule has 37 heavy (non-hydrogen) atoms. The quantitative estimate of drug-likeness (QED) is 0.154. The maximum atomic E-state index is 3.39. The van der Waals surface area contributed by atoms with Gasteiger partial charge in [-0.2, -0.15) is 0 Å². The van der Waals surface area contributed by atoms with Crippen LogP contribution >= 0.6 is 22.6 Å². The molecule has 0 saturated carbocycles. The fourth-order valence-electron chi connectivity index (χ4n) is 2.97. The van der Waals surface area contributed by atoms with E-state index in [1.807, 2.05) is 0 Å². The fourth-order valence-corrected chi connectivity index (χ4v) is 4.37. The highest BCUT2D eigenvalue weighted by Crippen LogP contribution is 2.09. The minimum absolute atomic E-state index is 1.03. The number of rotatable bonds is 3. The van der Waals surface area contributed by atoms with Crippen molar-refractivity contribution in [3.8, 4) is 34.8 Å². The normalized spacial score (nSPS) is 10.4. The molecule has 0 unspecified atom stereocenters. The van der Waals surface area contributed by atoms with Crippen molar-refractivity contribution in [2.24, 2.45) is 0 Å². The Balaban J connectivity index is 0.000000312. The molecule has 0 bridgehead atoms. The second-order valence-electron chi connectivity index (χ2n) is 11.1. The van der Waals surface area contributed by atoms with Gasteiger partial charge < -0.3 is 0 Å². The van der Waals surface area contributed by atoms with Gasteiger partial charge in [0, 0.05) is 25.8 Å². The predicted molar refractivity (Wildman–Crippen MR) is 177 cm³/mol. The van der Waals surface area contributed by atoms with E-state index in [4.69, 9.17) is 0 Å². The molecule has 0 aliphatic carbocycles. The molecule has 0 spiro atoms. The lowest BCUT2D eigenvalue weighted by Gasteiger charge is -2.03.